The molecule has 2 rings (SSSR count). The van der Waals surface area contributed by atoms with Gasteiger partial charge in [0.1, 0.15) is 0 Å². The third-order valence-corrected chi connectivity index (χ3v) is 3.88. The van der Waals surface area contributed by atoms with Gasteiger partial charge in [0.2, 0.25) is 0 Å². The largest absolute Gasteiger partial charge is 0.416 e. The highest BCUT2D eigenvalue weighted by molar-refractivity contribution is 7.08. The van der Waals surface area contributed by atoms with Gasteiger partial charge in [0.15, 0.2) is 0 Å². The maximum atomic E-state index is 12.6. The smallest absolute Gasteiger partial charge is 0.324 e. The molecule has 0 aliphatic heterocycles. The molecule has 0 aliphatic rings. The highest BCUT2D eigenvalue weighted by atomic mass is 32.1. The van der Waals surface area contributed by atoms with Crippen molar-refractivity contribution in [2.24, 2.45) is 5.73 Å². The Morgan fingerprint density at radius 2 is 2.00 bits per heavy atom. The molecule has 0 aliphatic carbocycles. The summed E-state index contributed by atoms with van der Waals surface area (Å²) in [7, 11) is 0. The molecule has 1 aromatic carbocycles. The van der Waals surface area contributed by atoms with Gasteiger partial charge in [0.05, 0.1) is 5.56 Å². The lowest BCUT2D eigenvalue weighted by atomic mass is 9.98. The minimum atomic E-state index is -4.31. The number of halogens is 3. The van der Waals surface area contributed by atoms with Gasteiger partial charge in [-0.2, -0.15) is 24.5 Å². The molecule has 0 amide bonds. The van der Waals surface area contributed by atoms with E-state index in [0.717, 1.165) is 17.2 Å². The summed E-state index contributed by atoms with van der Waals surface area (Å²) in [5.41, 5.74) is 8.13. The van der Waals surface area contributed by atoms with E-state index >= 15 is 0 Å². The van der Waals surface area contributed by atoms with Crippen molar-refractivity contribution in [2.45, 2.75) is 25.6 Å². The molecule has 1 nitrogen and oxygen atoms in total. The molecule has 2 N–H and O–H groups in total. The van der Waals surface area contributed by atoms with Gasteiger partial charge in [-0.3, -0.25) is 0 Å². The lowest BCUT2D eigenvalue weighted by molar-refractivity contribution is -0.137. The van der Waals surface area contributed by atoms with E-state index in [1.807, 2.05) is 17.7 Å². The summed E-state index contributed by atoms with van der Waals surface area (Å²) in [5, 5.41) is 3.94. The van der Waals surface area contributed by atoms with Crippen LogP contribution in [0.25, 0.3) is 0 Å². The Labute approximate surface area is 113 Å². The molecule has 0 radical (unpaired) electrons. The van der Waals surface area contributed by atoms with Crippen LogP contribution in [-0.4, -0.2) is 0 Å². The second kappa shape index (κ2) is 5.35. The summed E-state index contributed by atoms with van der Waals surface area (Å²) >= 11 is 1.55. The average Bonchev–Trinajstić information content (AvgIpc) is 2.75. The molecule has 0 bridgehead atoms. The van der Waals surface area contributed by atoms with Crippen molar-refractivity contribution >= 4 is 11.3 Å². The zero-order chi connectivity index (χ0) is 14.0. The Hall–Kier alpha value is -1.33. The minimum absolute atomic E-state index is 0.269. The number of nitrogens with two attached hydrogens (primary N) is 1. The lowest BCUT2D eigenvalue weighted by Crippen LogP contribution is -2.14. The quantitative estimate of drug-likeness (QED) is 0.893. The van der Waals surface area contributed by atoms with Gasteiger partial charge in [0.25, 0.3) is 0 Å². The van der Waals surface area contributed by atoms with Crippen molar-refractivity contribution in [2.75, 3.05) is 0 Å². The fourth-order valence-corrected chi connectivity index (χ4v) is 2.90. The highest BCUT2D eigenvalue weighted by Crippen LogP contribution is 2.30. The fourth-order valence-electron chi connectivity index (χ4n) is 1.99. The zero-order valence-electron chi connectivity index (χ0n) is 10.4. The molecule has 0 saturated heterocycles. The third kappa shape index (κ3) is 3.36. The number of thiophene rings is 1. The second-order valence-electron chi connectivity index (χ2n) is 4.52. The molecule has 2 aromatic rings. The Bertz CT molecular complexity index is 560. The molecule has 102 valence electrons. The van der Waals surface area contributed by atoms with Crippen molar-refractivity contribution in [1.82, 2.24) is 0 Å². The summed E-state index contributed by atoms with van der Waals surface area (Å²) in [4.78, 5) is 0. The van der Waals surface area contributed by atoms with E-state index in [0.29, 0.717) is 12.0 Å². The van der Waals surface area contributed by atoms with Crippen LogP contribution in [0.1, 0.15) is 28.3 Å². The summed E-state index contributed by atoms with van der Waals surface area (Å²) in [5.74, 6) is 0. The van der Waals surface area contributed by atoms with Gasteiger partial charge in [-0.25, -0.2) is 0 Å². The normalized spacial score (nSPS) is 13.5. The van der Waals surface area contributed by atoms with Gasteiger partial charge in [-0.15, -0.1) is 0 Å². The van der Waals surface area contributed by atoms with Crippen molar-refractivity contribution in [3.05, 3.63) is 57.3 Å². The summed E-state index contributed by atoms with van der Waals surface area (Å²) in [6, 6.07) is 5.07. The standard InChI is InChI=1S/C14H14F3NS/c1-9-7-19-8-12(9)13(18)6-10-3-2-4-11(5-10)14(15,16)17/h2-5,7-8,13H,6,18H2,1H3. The molecule has 0 saturated carbocycles. The Morgan fingerprint density at radius 1 is 1.26 bits per heavy atom. The number of rotatable bonds is 3. The Morgan fingerprint density at radius 3 is 2.58 bits per heavy atom. The van der Waals surface area contributed by atoms with E-state index in [1.165, 1.54) is 12.1 Å². The lowest BCUT2D eigenvalue weighted by Gasteiger charge is -2.13. The van der Waals surface area contributed by atoms with Crippen LogP contribution < -0.4 is 5.73 Å². The molecule has 19 heavy (non-hydrogen) atoms. The fraction of sp³-hybridized carbons (Fsp3) is 0.286. The molecule has 0 spiro atoms. The predicted octanol–water partition coefficient (Wildman–Crippen LogP) is 4.32. The van der Waals surface area contributed by atoms with Crippen LogP contribution in [0.4, 0.5) is 13.2 Å². The summed E-state index contributed by atoms with van der Waals surface area (Å²) in [6.07, 6.45) is -3.90. The van der Waals surface area contributed by atoms with Crippen LogP contribution in [0.2, 0.25) is 0 Å². The molecule has 1 aromatic heterocycles. The predicted molar refractivity (Wildman–Crippen MR) is 71.1 cm³/mol. The number of aryl methyl sites for hydroxylation is 1. The number of hydrogen-bond donors (Lipinski definition) is 1. The van der Waals surface area contributed by atoms with Crippen LogP contribution in [0.5, 0.6) is 0 Å². The molecule has 1 unspecified atom stereocenters. The van der Waals surface area contributed by atoms with Crippen molar-refractivity contribution < 1.29 is 13.2 Å². The van der Waals surface area contributed by atoms with Gasteiger partial charge in [-0.1, -0.05) is 18.2 Å². The van der Waals surface area contributed by atoms with Crippen LogP contribution in [0, 0.1) is 6.92 Å². The van der Waals surface area contributed by atoms with Crippen LogP contribution >= 0.6 is 11.3 Å². The van der Waals surface area contributed by atoms with Crippen molar-refractivity contribution in [1.29, 1.82) is 0 Å². The first-order valence-electron chi connectivity index (χ1n) is 5.82. The van der Waals surface area contributed by atoms with Crippen LogP contribution in [0.15, 0.2) is 35.0 Å². The zero-order valence-corrected chi connectivity index (χ0v) is 11.2. The van der Waals surface area contributed by atoms with Crippen LogP contribution in [0.3, 0.4) is 0 Å². The molecule has 1 atom stereocenters. The van der Waals surface area contributed by atoms with E-state index in [4.69, 9.17) is 5.73 Å². The maximum absolute atomic E-state index is 12.6. The van der Waals surface area contributed by atoms with Gasteiger partial charge < -0.3 is 5.73 Å². The highest BCUT2D eigenvalue weighted by Gasteiger charge is 2.30. The molecule has 5 heteroatoms. The van der Waals surface area contributed by atoms with Gasteiger partial charge in [0, 0.05) is 6.04 Å². The number of benzene rings is 1. The number of alkyl halides is 3. The van der Waals surface area contributed by atoms with E-state index < -0.39 is 11.7 Å². The number of hydrogen-bond acceptors (Lipinski definition) is 2. The monoisotopic (exact) mass is 285 g/mol. The first-order chi connectivity index (χ1) is 8.88. The minimum Gasteiger partial charge on any atom is -0.324 e. The Balaban J connectivity index is 2.18. The average molecular weight is 285 g/mol. The topological polar surface area (TPSA) is 26.0 Å². The molecular weight excluding hydrogens is 271 g/mol. The van der Waals surface area contributed by atoms with Crippen molar-refractivity contribution in [3.63, 3.8) is 0 Å². The molecule has 1 heterocycles. The maximum Gasteiger partial charge on any atom is 0.416 e. The first kappa shape index (κ1) is 14.1. The van der Waals surface area contributed by atoms with Crippen molar-refractivity contribution in [3.8, 4) is 0 Å². The third-order valence-electron chi connectivity index (χ3n) is 3.00. The van der Waals surface area contributed by atoms with Crippen LogP contribution in [-0.2, 0) is 12.6 Å². The van der Waals surface area contributed by atoms with E-state index in [2.05, 4.69) is 0 Å². The van der Waals surface area contributed by atoms with Gasteiger partial charge >= 0.3 is 6.18 Å². The van der Waals surface area contributed by atoms with E-state index in [1.54, 1.807) is 17.4 Å². The SMILES string of the molecule is Cc1cscc1C(N)Cc1cccc(C(F)(F)F)c1. The Kier molecular flexibility index (Phi) is 3.96. The second-order valence-corrected chi connectivity index (χ2v) is 5.26. The molecular formula is C14H14F3NS. The first-order valence-corrected chi connectivity index (χ1v) is 6.76. The van der Waals surface area contributed by atoms with E-state index in [-0.39, 0.29) is 6.04 Å². The molecule has 0 fully saturated rings. The summed E-state index contributed by atoms with van der Waals surface area (Å²) in [6.45, 7) is 1.96. The summed E-state index contributed by atoms with van der Waals surface area (Å²) < 4.78 is 37.8. The van der Waals surface area contributed by atoms with Gasteiger partial charge in [-0.05, 0) is 46.9 Å². The van der Waals surface area contributed by atoms with E-state index in [9.17, 15) is 13.2 Å².